The zero-order valence-electron chi connectivity index (χ0n) is 7.91. The summed E-state index contributed by atoms with van der Waals surface area (Å²) in [6, 6.07) is 5.29. The molecule has 4 nitrogen and oxygen atoms in total. The van der Waals surface area contributed by atoms with Gasteiger partial charge in [-0.15, -0.1) is 0 Å². The molecule has 0 saturated carbocycles. The van der Waals surface area contributed by atoms with E-state index in [1.54, 1.807) is 0 Å². The van der Waals surface area contributed by atoms with Crippen LogP contribution in [0.1, 0.15) is 10.6 Å². The number of hydrogen-bond acceptors (Lipinski definition) is 3. The summed E-state index contributed by atoms with van der Waals surface area (Å²) in [4.78, 5) is 11.5. The fourth-order valence-electron chi connectivity index (χ4n) is 1.10. The molecule has 0 bridgehead atoms. The average molecular weight is 241 g/mol. The molecule has 0 radical (unpaired) electrons. The molecule has 1 heterocycles. The second-order valence-corrected chi connectivity index (χ2v) is 3.37. The molecule has 0 atom stereocenters. The van der Waals surface area contributed by atoms with Crippen LogP contribution in [0.15, 0.2) is 35.0 Å². The first-order valence-corrected chi connectivity index (χ1v) is 4.71. The normalized spacial score (nSPS) is 10.1. The van der Waals surface area contributed by atoms with E-state index in [0.717, 1.165) is 0 Å². The van der Waals surface area contributed by atoms with E-state index < -0.39 is 11.7 Å². The SMILES string of the molecule is O=C(Nc1ccc(F)c(Cl)c1)c1ccno1. The second-order valence-electron chi connectivity index (χ2n) is 2.96. The Morgan fingerprint density at radius 3 is 2.88 bits per heavy atom. The van der Waals surface area contributed by atoms with E-state index in [9.17, 15) is 9.18 Å². The number of nitrogens with zero attached hydrogens (tertiary/aromatic N) is 1. The van der Waals surface area contributed by atoms with Gasteiger partial charge in [-0.2, -0.15) is 0 Å². The fraction of sp³-hybridized carbons (Fsp3) is 0. The molecular weight excluding hydrogens is 235 g/mol. The van der Waals surface area contributed by atoms with Gasteiger partial charge in [0.1, 0.15) is 5.82 Å². The van der Waals surface area contributed by atoms with E-state index in [1.165, 1.54) is 30.5 Å². The molecule has 0 aliphatic rings. The van der Waals surface area contributed by atoms with Crippen LogP contribution in [0, 0.1) is 5.82 Å². The minimum Gasteiger partial charge on any atom is -0.351 e. The van der Waals surface area contributed by atoms with Gasteiger partial charge in [0.2, 0.25) is 5.76 Å². The smallest absolute Gasteiger partial charge is 0.294 e. The van der Waals surface area contributed by atoms with E-state index in [-0.39, 0.29) is 10.8 Å². The maximum Gasteiger partial charge on any atom is 0.294 e. The Kier molecular flexibility index (Phi) is 2.87. The van der Waals surface area contributed by atoms with Crippen LogP contribution in [0.4, 0.5) is 10.1 Å². The largest absolute Gasteiger partial charge is 0.351 e. The van der Waals surface area contributed by atoms with Crippen LogP contribution in [0.2, 0.25) is 5.02 Å². The highest BCUT2D eigenvalue weighted by Gasteiger charge is 2.10. The lowest BCUT2D eigenvalue weighted by Gasteiger charge is -2.03. The zero-order valence-corrected chi connectivity index (χ0v) is 8.66. The van der Waals surface area contributed by atoms with Crippen molar-refractivity contribution >= 4 is 23.2 Å². The Morgan fingerprint density at radius 1 is 1.44 bits per heavy atom. The van der Waals surface area contributed by atoms with Crippen LogP contribution in [-0.4, -0.2) is 11.1 Å². The Balaban J connectivity index is 2.15. The molecule has 0 aliphatic heterocycles. The number of aromatic nitrogens is 1. The number of rotatable bonds is 2. The topological polar surface area (TPSA) is 55.1 Å². The standard InChI is InChI=1S/C10H6ClFN2O2/c11-7-5-6(1-2-8(7)12)14-10(15)9-3-4-13-16-9/h1-5H,(H,14,15). The number of carbonyl (C=O) groups excluding carboxylic acids is 1. The van der Waals surface area contributed by atoms with Crippen molar-refractivity contribution < 1.29 is 13.7 Å². The Morgan fingerprint density at radius 2 is 2.25 bits per heavy atom. The average Bonchev–Trinajstić information content (AvgIpc) is 2.77. The minimum atomic E-state index is -0.542. The third kappa shape index (κ3) is 2.20. The van der Waals surface area contributed by atoms with Gasteiger partial charge >= 0.3 is 0 Å². The maximum absolute atomic E-state index is 12.8. The maximum atomic E-state index is 12.8. The summed E-state index contributed by atoms with van der Waals surface area (Å²) < 4.78 is 17.5. The van der Waals surface area contributed by atoms with Gasteiger partial charge in [0.15, 0.2) is 0 Å². The third-order valence-corrected chi connectivity index (χ3v) is 2.13. The molecule has 2 rings (SSSR count). The zero-order chi connectivity index (χ0) is 11.5. The Hall–Kier alpha value is -1.88. The highest BCUT2D eigenvalue weighted by atomic mass is 35.5. The molecule has 2 aromatic rings. The molecule has 0 fully saturated rings. The van der Waals surface area contributed by atoms with Gasteiger partial charge in [-0.3, -0.25) is 4.79 Å². The number of amides is 1. The van der Waals surface area contributed by atoms with Gasteiger partial charge in [-0.25, -0.2) is 4.39 Å². The summed E-state index contributed by atoms with van der Waals surface area (Å²) in [6.07, 6.45) is 1.35. The summed E-state index contributed by atoms with van der Waals surface area (Å²) in [6.45, 7) is 0. The van der Waals surface area contributed by atoms with Crippen LogP contribution < -0.4 is 5.32 Å². The van der Waals surface area contributed by atoms with Crippen molar-refractivity contribution in [3.63, 3.8) is 0 Å². The van der Waals surface area contributed by atoms with Crippen molar-refractivity contribution in [3.05, 3.63) is 47.1 Å². The monoisotopic (exact) mass is 240 g/mol. The molecule has 82 valence electrons. The van der Waals surface area contributed by atoms with Crippen molar-refractivity contribution in [1.82, 2.24) is 5.16 Å². The van der Waals surface area contributed by atoms with Crippen LogP contribution >= 0.6 is 11.6 Å². The van der Waals surface area contributed by atoms with Gasteiger partial charge in [0.25, 0.3) is 5.91 Å². The quantitative estimate of drug-likeness (QED) is 0.878. The molecule has 0 saturated heterocycles. The number of benzene rings is 1. The molecule has 1 aromatic heterocycles. The van der Waals surface area contributed by atoms with Gasteiger partial charge in [-0.05, 0) is 18.2 Å². The first-order chi connectivity index (χ1) is 7.66. The van der Waals surface area contributed by atoms with Gasteiger partial charge in [-0.1, -0.05) is 16.8 Å². The lowest BCUT2D eigenvalue weighted by molar-refractivity contribution is 0.0988. The molecule has 6 heteroatoms. The molecule has 0 unspecified atom stereocenters. The molecule has 1 amide bonds. The van der Waals surface area contributed by atoms with E-state index in [2.05, 4.69) is 15.0 Å². The molecule has 0 spiro atoms. The highest BCUT2D eigenvalue weighted by Crippen LogP contribution is 2.19. The molecular formula is C10H6ClFN2O2. The van der Waals surface area contributed by atoms with Gasteiger partial charge < -0.3 is 9.84 Å². The lowest BCUT2D eigenvalue weighted by Crippen LogP contribution is -2.10. The number of halogens is 2. The Bertz CT molecular complexity index is 514. The predicted octanol–water partition coefficient (Wildman–Crippen LogP) is 2.72. The summed E-state index contributed by atoms with van der Waals surface area (Å²) in [5.41, 5.74) is 0.382. The molecule has 16 heavy (non-hydrogen) atoms. The minimum absolute atomic E-state index is 0.0598. The van der Waals surface area contributed by atoms with Crippen molar-refractivity contribution in [2.24, 2.45) is 0 Å². The van der Waals surface area contributed by atoms with Gasteiger partial charge in [0.05, 0.1) is 11.2 Å². The number of carbonyl (C=O) groups is 1. The second kappa shape index (κ2) is 4.32. The summed E-state index contributed by atoms with van der Waals surface area (Å²) in [5.74, 6) is -0.944. The third-order valence-electron chi connectivity index (χ3n) is 1.84. The summed E-state index contributed by atoms with van der Waals surface area (Å²) in [7, 11) is 0. The number of anilines is 1. The number of nitrogens with one attached hydrogen (secondary N) is 1. The van der Waals surface area contributed by atoms with Crippen molar-refractivity contribution in [3.8, 4) is 0 Å². The summed E-state index contributed by atoms with van der Waals surface area (Å²) in [5, 5.41) is 5.82. The fourth-order valence-corrected chi connectivity index (χ4v) is 1.28. The predicted molar refractivity (Wildman–Crippen MR) is 55.9 cm³/mol. The molecule has 1 N–H and O–H groups in total. The first kappa shape index (κ1) is 10.6. The van der Waals surface area contributed by atoms with Crippen molar-refractivity contribution in [2.75, 3.05) is 5.32 Å². The van der Waals surface area contributed by atoms with E-state index in [4.69, 9.17) is 11.6 Å². The van der Waals surface area contributed by atoms with Crippen molar-refractivity contribution in [2.45, 2.75) is 0 Å². The van der Waals surface area contributed by atoms with Crippen LogP contribution in [-0.2, 0) is 0 Å². The van der Waals surface area contributed by atoms with E-state index in [0.29, 0.717) is 5.69 Å². The highest BCUT2D eigenvalue weighted by molar-refractivity contribution is 6.31. The van der Waals surface area contributed by atoms with Gasteiger partial charge in [0, 0.05) is 11.8 Å². The van der Waals surface area contributed by atoms with E-state index >= 15 is 0 Å². The molecule has 1 aromatic carbocycles. The van der Waals surface area contributed by atoms with E-state index in [1.807, 2.05) is 0 Å². The summed E-state index contributed by atoms with van der Waals surface area (Å²) >= 11 is 5.56. The van der Waals surface area contributed by atoms with Crippen molar-refractivity contribution in [1.29, 1.82) is 0 Å². The lowest BCUT2D eigenvalue weighted by atomic mass is 10.3. The molecule has 0 aliphatic carbocycles. The van der Waals surface area contributed by atoms with Crippen LogP contribution in [0.5, 0.6) is 0 Å². The van der Waals surface area contributed by atoms with Crippen LogP contribution in [0.3, 0.4) is 0 Å². The number of hydrogen-bond donors (Lipinski definition) is 1. The van der Waals surface area contributed by atoms with Crippen LogP contribution in [0.25, 0.3) is 0 Å². The first-order valence-electron chi connectivity index (χ1n) is 4.34. The Labute approximate surface area is 95.0 Å².